The Bertz CT molecular complexity index is 767. The van der Waals surface area contributed by atoms with Gasteiger partial charge < -0.3 is 4.52 Å². The molecular formula is C15H16BrN5O. The Morgan fingerprint density at radius 3 is 2.91 bits per heavy atom. The number of hydrogen-bond acceptors (Lipinski definition) is 5. The highest BCUT2D eigenvalue weighted by Crippen LogP contribution is 2.20. The van der Waals surface area contributed by atoms with Gasteiger partial charge in [0.1, 0.15) is 0 Å². The Kier molecular flexibility index (Phi) is 4.35. The first-order valence-corrected chi connectivity index (χ1v) is 7.64. The number of aryl methyl sites for hydroxylation is 1. The van der Waals surface area contributed by atoms with Crippen molar-refractivity contribution in [3.8, 4) is 11.4 Å². The predicted molar refractivity (Wildman–Crippen MR) is 85.8 cm³/mol. The maximum absolute atomic E-state index is 5.33. The Morgan fingerprint density at radius 2 is 2.18 bits per heavy atom. The lowest BCUT2D eigenvalue weighted by Crippen LogP contribution is -2.17. The van der Waals surface area contributed by atoms with Crippen LogP contribution >= 0.6 is 15.9 Å². The molecule has 0 atom stereocenters. The van der Waals surface area contributed by atoms with E-state index in [0.717, 1.165) is 22.1 Å². The third-order valence-electron chi connectivity index (χ3n) is 3.17. The van der Waals surface area contributed by atoms with Crippen molar-refractivity contribution in [2.45, 2.75) is 13.1 Å². The third-order valence-corrected chi connectivity index (χ3v) is 3.66. The van der Waals surface area contributed by atoms with E-state index in [9.17, 15) is 0 Å². The van der Waals surface area contributed by atoms with E-state index in [4.69, 9.17) is 4.52 Å². The van der Waals surface area contributed by atoms with Crippen molar-refractivity contribution in [1.82, 2.24) is 24.8 Å². The molecule has 0 aliphatic heterocycles. The number of aromatic nitrogens is 4. The molecule has 22 heavy (non-hydrogen) atoms. The second-order valence-electron chi connectivity index (χ2n) is 5.22. The predicted octanol–water partition coefficient (Wildman–Crippen LogP) is 2.86. The van der Waals surface area contributed by atoms with Gasteiger partial charge in [-0.2, -0.15) is 10.1 Å². The van der Waals surface area contributed by atoms with Gasteiger partial charge in [0.2, 0.25) is 11.7 Å². The number of hydrogen-bond donors (Lipinski definition) is 0. The molecule has 0 spiro atoms. The average molecular weight is 362 g/mol. The lowest BCUT2D eigenvalue weighted by atomic mass is 10.2. The first-order chi connectivity index (χ1) is 10.6. The van der Waals surface area contributed by atoms with Gasteiger partial charge in [0, 0.05) is 35.4 Å². The van der Waals surface area contributed by atoms with Crippen LogP contribution in [0.15, 0.2) is 45.7 Å². The fourth-order valence-electron chi connectivity index (χ4n) is 2.22. The van der Waals surface area contributed by atoms with Gasteiger partial charge in [0.25, 0.3) is 0 Å². The highest BCUT2D eigenvalue weighted by atomic mass is 79.9. The standard InChI is InChI=1S/C15H16BrN5O/c1-20(8-11-7-17-21(2)9-11)10-14-18-15(19-22-14)12-4-3-5-13(16)6-12/h3-7,9H,8,10H2,1-2H3. The van der Waals surface area contributed by atoms with Gasteiger partial charge in [-0.05, 0) is 19.2 Å². The molecule has 0 amide bonds. The number of halogens is 1. The smallest absolute Gasteiger partial charge is 0.241 e. The molecule has 1 aromatic carbocycles. The van der Waals surface area contributed by atoms with Gasteiger partial charge in [-0.15, -0.1) is 0 Å². The van der Waals surface area contributed by atoms with Crippen LogP contribution in [0.3, 0.4) is 0 Å². The van der Waals surface area contributed by atoms with Gasteiger partial charge in [-0.3, -0.25) is 9.58 Å². The van der Waals surface area contributed by atoms with Gasteiger partial charge in [-0.25, -0.2) is 0 Å². The van der Waals surface area contributed by atoms with E-state index < -0.39 is 0 Å². The Balaban J connectivity index is 1.66. The van der Waals surface area contributed by atoms with Crippen molar-refractivity contribution in [3.05, 3.63) is 52.6 Å². The van der Waals surface area contributed by atoms with E-state index in [-0.39, 0.29) is 0 Å². The van der Waals surface area contributed by atoms with E-state index in [1.54, 1.807) is 4.68 Å². The molecule has 0 bridgehead atoms. The number of benzene rings is 1. The summed E-state index contributed by atoms with van der Waals surface area (Å²) in [6.07, 6.45) is 3.86. The molecule has 0 aliphatic rings. The van der Waals surface area contributed by atoms with Gasteiger partial charge in [0.15, 0.2) is 0 Å². The fourth-order valence-corrected chi connectivity index (χ4v) is 2.62. The average Bonchev–Trinajstić information content (AvgIpc) is 3.08. The zero-order chi connectivity index (χ0) is 15.5. The highest BCUT2D eigenvalue weighted by molar-refractivity contribution is 9.10. The van der Waals surface area contributed by atoms with E-state index in [0.29, 0.717) is 18.3 Å². The van der Waals surface area contributed by atoms with Crippen LogP contribution in [0.2, 0.25) is 0 Å². The summed E-state index contributed by atoms with van der Waals surface area (Å²) in [5.41, 5.74) is 2.08. The maximum Gasteiger partial charge on any atom is 0.241 e. The lowest BCUT2D eigenvalue weighted by Gasteiger charge is -2.12. The summed E-state index contributed by atoms with van der Waals surface area (Å²) in [7, 11) is 3.92. The van der Waals surface area contributed by atoms with Crippen LogP contribution in [0, 0.1) is 0 Å². The molecule has 7 heteroatoms. The van der Waals surface area contributed by atoms with Crippen LogP contribution in [-0.4, -0.2) is 31.9 Å². The minimum absolute atomic E-state index is 0.593. The lowest BCUT2D eigenvalue weighted by molar-refractivity contribution is 0.261. The summed E-state index contributed by atoms with van der Waals surface area (Å²) in [6.45, 7) is 1.37. The summed E-state index contributed by atoms with van der Waals surface area (Å²) in [5, 5.41) is 8.20. The third kappa shape index (κ3) is 3.61. The van der Waals surface area contributed by atoms with E-state index in [1.807, 2.05) is 50.8 Å². The largest absolute Gasteiger partial charge is 0.338 e. The normalized spacial score (nSPS) is 11.3. The van der Waals surface area contributed by atoms with Crippen LogP contribution in [0.4, 0.5) is 0 Å². The summed E-state index contributed by atoms with van der Waals surface area (Å²) < 4.78 is 8.12. The van der Waals surface area contributed by atoms with Crippen molar-refractivity contribution < 1.29 is 4.52 Å². The molecule has 0 N–H and O–H groups in total. The van der Waals surface area contributed by atoms with Crippen molar-refractivity contribution in [3.63, 3.8) is 0 Å². The van der Waals surface area contributed by atoms with Crippen molar-refractivity contribution in [2.24, 2.45) is 7.05 Å². The molecule has 2 aromatic heterocycles. The number of nitrogens with zero attached hydrogens (tertiary/aromatic N) is 5. The van der Waals surface area contributed by atoms with Crippen LogP contribution in [0.5, 0.6) is 0 Å². The zero-order valence-corrected chi connectivity index (χ0v) is 14.0. The Hall–Kier alpha value is -1.99. The monoisotopic (exact) mass is 361 g/mol. The van der Waals surface area contributed by atoms with E-state index in [1.165, 1.54) is 0 Å². The second kappa shape index (κ2) is 6.41. The Labute approximate surface area is 136 Å². The summed E-state index contributed by atoms with van der Waals surface area (Å²) >= 11 is 3.44. The minimum atomic E-state index is 0.593. The maximum atomic E-state index is 5.33. The molecule has 0 radical (unpaired) electrons. The first-order valence-electron chi connectivity index (χ1n) is 6.85. The zero-order valence-electron chi connectivity index (χ0n) is 12.4. The van der Waals surface area contributed by atoms with Gasteiger partial charge in [0.05, 0.1) is 12.7 Å². The SMILES string of the molecule is CN(Cc1cnn(C)c1)Cc1nc(-c2cccc(Br)c2)no1. The number of rotatable bonds is 5. The van der Waals surface area contributed by atoms with Crippen LogP contribution in [0.25, 0.3) is 11.4 Å². The van der Waals surface area contributed by atoms with Crippen LogP contribution in [-0.2, 0) is 20.1 Å². The molecule has 3 rings (SSSR count). The minimum Gasteiger partial charge on any atom is -0.338 e. The second-order valence-corrected chi connectivity index (χ2v) is 6.13. The quantitative estimate of drug-likeness (QED) is 0.699. The first kappa shape index (κ1) is 14.9. The van der Waals surface area contributed by atoms with Crippen molar-refractivity contribution in [2.75, 3.05) is 7.05 Å². The molecule has 0 aliphatic carbocycles. The molecule has 0 saturated heterocycles. The molecule has 6 nitrogen and oxygen atoms in total. The molecule has 0 saturated carbocycles. The molecule has 0 fully saturated rings. The van der Waals surface area contributed by atoms with Crippen molar-refractivity contribution in [1.29, 1.82) is 0 Å². The summed E-state index contributed by atoms with van der Waals surface area (Å²) in [4.78, 5) is 6.55. The highest BCUT2D eigenvalue weighted by Gasteiger charge is 2.11. The van der Waals surface area contributed by atoms with Gasteiger partial charge in [-0.1, -0.05) is 33.2 Å². The van der Waals surface area contributed by atoms with E-state index in [2.05, 4.69) is 36.1 Å². The Morgan fingerprint density at radius 1 is 1.32 bits per heavy atom. The van der Waals surface area contributed by atoms with Crippen molar-refractivity contribution >= 4 is 15.9 Å². The molecule has 0 unspecified atom stereocenters. The summed E-state index contributed by atoms with van der Waals surface area (Å²) in [6, 6.07) is 7.84. The molecule has 114 valence electrons. The summed E-state index contributed by atoms with van der Waals surface area (Å²) in [5.74, 6) is 1.20. The molecule has 2 heterocycles. The van der Waals surface area contributed by atoms with Gasteiger partial charge >= 0.3 is 0 Å². The van der Waals surface area contributed by atoms with Crippen LogP contribution < -0.4 is 0 Å². The van der Waals surface area contributed by atoms with Crippen LogP contribution in [0.1, 0.15) is 11.5 Å². The fraction of sp³-hybridized carbons (Fsp3) is 0.267. The van der Waals surface area contributed by atoms with E-state index >= 15 is 0 Å². The molecule has 3 aromatic rings. The topological polar surface area (TPSA) is 60.0 Å². The molecular weight excluding hydrogens is 346 g/mol.